The molecule has 0 heterocycles. The first-order valence-electron chi connectivity index (χ1n) is 14.4. The van der Waals surface area contributed by atoms with E-state index in [-0.39, 0.29) is 0 Å². The van der Waals surface area contributed by atoms with Gasteiger partial charge in [0.05, 0.1) is 0 Å². The van der Waals surface area contributed by atoms with Gasteiger partial charge in [-0.05, 0) is 79.8 Å². The van der Waals surface area contributed by atoms with Gasteiger partial charge in [-0.15, -0.1) is 23.5 Å². The Morgan fingerprint density at radius 3 is 1.51 bits per heavy atom. The van der Waals surface area contributed by atoms with Gasteiger partial charge >= 0.3 is 0 Å². The third-order valence-corrected chi connectivity index (χ3v) is 8.00. The Morgan fingerprint density at radius 2 is 0.977 bits per heavy atom. The summed E-state index contributed by atoms with van der Waals surface area (Å²) in [6.07, 6.45) is 35.9. The average Bonchev–Trinajstić information content (AvgIpc) is 3.03. The van der Waals surface area contributed by atoms with Gasteiger partial charge in [0.15, 0.2) is 0 Å². The van der Waals surface area contributed by atoms with Crippen molar-refractivity contribution in [3.8, 4) is 0 Å². The zero-order valence-electron chi connectivity index (χ0n) is 25.9. The van der Waals surface area contributed by atoms with Gasteiger partial charge in [-0.1, -0.05) is 156 Å². The number of hydrogen-bond acceptors (Lipinski definition) is 2. The number of aryl methyl sites for hydroxylation is 1. The van der Waals surface area contributed by atoms with Crippen LogP contribution >= 0.6 is 23.5 Å². The molecular weight excluding hydrogens is 557 g/mol. The topological polar surface area (TPSA) is 0 Å². The van der Waals surface area contributed by atoms with Crippen molar-refractivity contribution < 1.29 is 0 Å². The zero-order valence-corrected chi connectivity index (χ0v) is 27.5. The van der Waals surface area contributed by atoms with E-state index in [1.165, 1.54) is 48.8 Å². The summed E-state index contributed by atoms with van der Waals surface area (Å²) in [5.41, 5.74) is 8.42. The lowest BCUT2D eigenvalue weighted by atomic mass is 10.0. The van der Waals surface area contributed by atoms with Crippen molar-refractivity contribution in [2.24, 2.45) is 0 Å². The maximum atomic E-state index is 2.18. The van der Waals surface area contributed by atoms with Crippen molar-refractivity contribution in [2.75, 3.05) is 12.5 Å². The summed E-state index contributed by atoms with van der Waals surface area (Å²) in [4.78, 5) is 2.56. The molecule has 0 N–H and O–H groups in total. The molecule has 0 bridgehead atoms. The molecule has 0 aliphatic rings. The third kappa shape index (κ3) is 13.2. The smallest absolute Gasteiger partial charge is 0.00695 e. The standard InChI is InChI=1S/C41H42S2/c1-33(14-11-16-36-22-29-40(42-4)30-23-36)13-9-7-6-8-10-18-38(39-27-20-35(3)21-28-39)26-19-34(2)15-12-17-37-24-31-41(43-5)32-25-37/h6-32H,1-5H3/b7-6+,10-8+,13-9+,16-11+,17-12+,26-19+,33-14+,34-15+,38-18-. The zero-order chi connectivity index (χ0) is 30.7. The minimum absolute atomic E-state index is 1.17. The van der Waals surface area contributed by atoms with Crippen molar-refractivity contribution in [1.29, 1.82) is 0 Å². The molecule has 0 amide bonds. The molecule has 0 aliphatic carbocycles. The molecule has 2 heteroatoms. The Labute approximate surface area is 268 Å². The van der Waals surface area contributed by atoms with E-state index in [1.807, 2.05) is 0 Å². The number of thioether (sulfide) groups is 2. The van der Waals surface area contributed by atoms with Gasteiger partial charge in [-0.25, -0.2) is 0 Å². The van der Waals surface area contributed by atoms with Gasteiger partial charge in [0, 0.05) is 9.79 Å². The Kier molecular flexibility index (Phi) is 15.0. The summed E-state index contributed by atoms with van der Waals surface area (Å²) in [5, 5.41) is 0. The highest BCUT2D eigenvalue weighted by molar-refractivity contribution is 7.98. The SMILES string of the molecule is CSc1ccc(/C=C/C=C(C)/C=C/C=C/C=C/C=C(/C=C/C(C)=C/C=C/c2ccc(SC)cc2)c2ccc(C)cc2)cc1. The van der Waals surface area contributed by atoms with E-state index in [0.717, 1.165) is 0 Å². The van der Waals surface area contributed by atoms with Crippen molar-refractivity contribution in [3.63, 3.8) is 0 Å². The van der Waals surface area contributed by atoms with Gasteiger partial charge in [0.2, 0.25) is 0 Å². The summed E-state index contributed by atoms with van der Waals surface area (Å²) in [6, 6.07) is 25.9. The first kappa shape index (κ1) is 33.5. The average molecular weight is 599 g/mol. The van der Waals surface area contributed by atoms with Crippen LogP contribution in [0, 0.1) is 6.92 Å². The van der Waals surface area contributed by atoms with E-state index in [1.54, 1.807) is 23.5 Å². The molecule has 0 atom stereocenters. The lowest BCUT2D eigenvalue weighted by Gasteiger charge is -2.03. The molecule has 218 valence electrons. The molecule has 0 fully saturated rings. The van der Waals surface area contributed by atoms with Gasteiger partial charge in [-0.3, -0.25) is 0 Å². The molecule has 0 nitrogen and oxygen atoms in total. The summed E-state index contributed by atoms with van der Waals surface area (Å²) in [6.45, 7) is 6.36. The van der Waals surface area contributed by atoms with Crippen LogP contribution in [0.3, 0.4) is 0 Å². The van der Waals surface area contributed by atoms with E-state index in [2.05, 4.69) is 197 Å². The first-order chi connectivity index (χ1) is 21.0. The molecule has 43 heavy (non-hydrogen) atoms. The fourth-order valence-corrected chi connectivity index (χ4v) is 4.75. The number of hydrogen-bond donors (Lipinski definition) is 0. The van der Waals surface area contributed by atoms with E-state index in [9.17, 15) is 0 Å². The second-order valence-corrected chi connectivity index (χ2v) is 11.8. The van der Waals surface area contributed by atoms with E-state index in [4.69, 9.17) is 0 Å². The van der Waals surface area contributed by atoms with Crippen molar-refractivity contribution in [3.05, 3.63) is 185 Å². The lowest BCUT2D eigenvalue weighted by molar-refractivity contribution is 1.45. The Hall–Kier alpha value is -3.98. The molecule has 3 rings (SSSR count). The molecule has 3 aromatic carbocycles. The fourth-order valence-electron chi connectivity index (χ4n) is 3.94. The van der Waals surface area contributed by atoms with E-state index in [0.29, 0.717) is 0 Å². The van der Waals surface area contributed by atoms with Crippen LogP contribution in [0.5, 0.6) is 0 Å². The minimum Gasteiger partial charge on any atom is -0.130 e. The summed E-state index contributed by atoms with van der Waals surface area (Å²) in [7, 11) is 0. The first-order valence-corrected chi connectivity index (χ1v) is 16.9. The van der Waals surface area contributed by atoms with Crippen molar-refractivity contribution >= 4 is 41.2 Å². The van der Waals surface area contributed by atoms with Crippen LogP contribution in [0.4, 0.5) is 0 Å². The molecule has 0 unspecified atom stereocenters. The Bertz CT molecular complexity index is 1550. The van der Waals surface area contributed by atoms with Gasteiger partial charge < -0.3 is 0 Å². The molecule has 0 saturated heterocycles. The summed E-state index contributed by atoms with van der Waals surface area (Å²) in [5.74, 6) is 0. The quantitative estimate of drug-likeness (QED) is 0.142. The molecule has 3 aromatic rings. The maximum absolute atomic E-state index is 2.18. The fraction of sp³-hybridized carbons (Fsp3) is 0.122. The molecular formula is C41H42S2. The highest BCUT2D eigenvalue weighted by atomic mass is 32.2. The number of rotatable bonds is 13. The second kappa shape index (κ2) is 19.3. The van der Waals surface area contributed by atoms with Crippen LogP contribution in [0.2, 0.25) is 0 Å². The van der Waals surface area contributed by atoms with Gasteiger partial charge in [-0.2, -0.15) is 0 Å². The van der Waals surface area contributed by atoms with E-state index < -0.39 is 0 Å². The summed E-state index contributed by atoms with van der Waals surface area (Å²) < 4.78 is 0. The predicted molar refractivity (Wildman–Crippen MR) is 198 cm³/mol. The van der Waals surface area contributed by atoms with Crippen LogP contribution in [-0.2, 0) is 0 Å². The second-order valence-electron chi connectivity index (χ2n) is 10.0. The largest absolute Gasteiger partial charge is 0.130 e. The highest BCUT2D eigenvalue weighted by Crippen LogP contribution is 2.19. The van der Waals surface area contributed by atoms with Crippen molar-refractivity contribution in [1.82, 2.24) is 0 Å². The third-order valence-electron chi connectivity index (χ3n) is 6.52. The summed E-state index contributed by atoms with van der Waals surface area (Å²) >= 11 is 3.52. The van der Waals surface area contributed by atoms with Crippen LogP contribution < -0.4 is 0 Å². The normalized spacial score (nSPS) is 13.7. The van der Waals surface area contributed by atoms with Crippen LogP contribution in [0.25, 0.3) is 17.7 Å². The Balaban J connectivity index is 1.60. The lowest BCUT2D eigenvalue weighted by Crippen LogP contribution is -1.82. The number of allylic oxidation sites excluding steroid dienone is 16. The predicted octanol–water partition coefficient (Wildman–Crippen LogP) is 12.4. The minimum atomic E-state index is 1.17. The number of benzene rings is 3. The molecule has 0 spiro atoms. The molecule has 0 radical (unpaired) electrons. The highest BCUT2D eigenvalue weighted by Gasteiger charge is 1.97. The van der Waals surface area contributed by atoms with E-state index >= 15 is 0 Å². The van der Waals surface area contributed by atoms with Crippen molar-refractivity contribution in [2.45, 2.75) is 30.6 Å². The van der Waals surface area contributed by atoms with Gasteiger partial charge in [0.1, 0.15) is 0 Å². The van der Waals surface area contributed by atoms with Crippen LogP contribution in [0.1, 0.15) is 36.1 Å². The Morgan fingerprint density at radius 1 is 0.488 bits per heavy atom. The molecule has 0 aliphatic heterocycles. The molecule has 0 aromatic heterocycles. The molecule has 0 saturated carbocycles. The maximum Gasteiger partial charge on any atom is 0.00695 e. The van der Waals surface area contributed by atoms with Crippen LogP contribution in [0.15, 0.2) is 173 Å². The van der Waals surface area contributed by atoms with Crippen LogP contribution in [-0.4, -0.2) is 12.5 Å². The van der Waals surface area contributed by atoms with Gasteiger partial charge in [0.25, 0.3) is 0 Å². The monoisotopic (exact) mass is 598 g/mol.